The van der Waals surface area contributed by atoms with Crippen molar-refractivity contribution < 1.29 is 4.74 Å². The van der Waals surface area contributed by atoms with Gasteiger partial charge in [0.25, 0.3) is 5.56 Å². The number of ether oxygens (including phenoxy) is 1. The van der Waals surface area contributed by atoms with Crippen LogP contribution in [0, 0.1) is 0 Å². The second-order valence-electron chi connectivity index (χ2n) is 5.52. The highest BCUT2D eigenvalue weighted by Crippen LogP contribution is 2.11. The molecule has 0 unspecified atom stereocenters. The van der Waals surface area contributed by atoms with Gasteiger partial charge in [0.1, 0.15) is 18.2 Å². The third-order valence-electron chi connectivity index (χ3n) is 3.72. The fourth-order valence-corrected chi connectivity index (χ4v) is 2.51. The van der Waals surface area contributed by atoms with E-state index < -0.39 is 0 Å². The molecule has 0 amide bonds. The standard InChI is InChI=1S/C18H15N5O2/c24-18-16-17(23(22-21-16)11-13-7-3-1-4-8-13)19-15(20-18)12-25-14-9-5-2-6-10-14/h1-10H,11-12H2,(H,19,20,24). The number of hydrogen-bond donors (Lipinski definition) is 1. The van der Waals surface area contributed by atoms with Crippen LogP contribution in [-0.2, 0) is 13.2 Å². The number of para-hydroxylation sites is 1. The average Bonchev–Trinajstić information content (AvgIpc) is 3.05. The number of aromatic amines is 1. The van der Waals surface area contributed by atoms with Crippen LogP contribution in [0.5, 0.6) is 5.75 Å². The maximum Gasteiger partial charge on any atom is 0.281 e. The summed E-state index contributed by atoms with van der Waals surface area (Å²) < 4.78 is 7.26. The number of fused-ring (bicyclic) bond motifs is 1. The summed E-state index contributed by atoms with van der Waals surface area (Å²) in [6.45, 7) is 0.651. The molecule has 0 saturated carbocycles. The predicted molar refractivity (Wildman–Crippen MR) is 92.3 cm³/mol. The molecular weight excluding hydrogens is 318 g/mol. The minimum Gasteiger partial charge on any atom is -0.486 e. The molecular formula is C18H15N5O2. The van der Waals surface area contributed by atoms with Gasteiger partial charge in [-0.05, 0) is 17.7 Å². The molecule has 7 nitrogen and oxygen atoms in total. The summed E-state index contributed by atoms with van der Waals surface area (Å²) in [5.74, 6) is 1.14. The SMILES string of the molecule is O=c1[nH]c(COc2ccccc2)nc2c1nnn2Cc1ccccc1. The van der Waals surface area contributed by atoms with Gasteiger partial charge in [-0.15, -0.1) is 5.10 Å². The third-order valence-corrected chi connectivity index (χ3v) is 3.72. The molecule has 2 aromatic carbocycles. The molecule has 0 aliphatic carbocycles. The van der Waals surface area contributed by atoms with E-state index in [1.807, 2.05) is 60.7 Å². The van der Waals surface area contributed by atoms with E-state index in [9.17, 15) is 4.79 Å². The molecule has 1 N–H and O–H groups in total. The summed E-state index contributed by atoms with van der Waals surface area (Å²) in [6, 6.07) is 19.2. The smallest absolute Gasteiger partial charge is 0.281 e. The summed E-state index contributed by atoms with van der Waals surface area (Å²) in [7, 11) is 0. The Morgan fingerprint density at radius 3 is 2.48 bits per heavy atom. The highest BCUT2D eigenvalue weighted by Gasteiger charge is 2.12. The Bertz CT molecular complexity index is 1040. The molecule has 2 heterocycles. The quantitative estimate of drug-likeness (QED) is 0.605. The van der Waals surface area contributed by atoms with Gasteiger partial charge in [-0.1, -0.05) is 53.7 Å². The van der Waals surface area contributed by atoms with Crippen LogP contribution in [0.3, 0.4) is 0 Å². The lowest BCUT2D eigenvalue weighted by Crippen LogP contribution is -2.15. The summed E-state index contributed by atoms with van der Waals surface area (Å²) in [4.78, 5) is 19.4. The molecule has 2 aromatic heterocycles. The summed E-state index contributed by atoms with van der Waals surface area (Å²) in [5, 5.41) is 7.99. The van der Waals surface area contributed by atoms with Crippen molar-refractivity contribution in [1.82, 2.24) is 25.0 Å². The molecule has 0 radical (unpaired) electrons. The van der Waals surface area contributed by atoms with E-state index in [0.717, 1.165) is 5.56 Å². The topological polar surface area (TPSA) is 85.7 Å². The van der Waals surface area contributed by atoms with Crippen molar-refractivity contribution in [3.63, 3.8) is 0 Å². The van der Waals surface area contributed by atoms with Crippen molar-refractivity contribution in [2.75, 3.05) is 0 Å². The van der Waals surface area contributed by atoms with Crippen LogP contribution >= 0.6 is 0 Å². The molecule has 25 heavy (non-hydrogen) atoms. The number of nitrogens with zero attached hydrogens (tertiary/aromatic N) is 4. The fraction of sp³-hybridized carbons (Fsp3) is 0.111. The van der Waals surface area contributed by atoms with Gasteiger partial charge in [-0.2, -0.15) is 0 Å². The van der Waals surface area contributed by atoms with Gasteiger partial charge >= 0.3 is 0 Å². The van der Waals surface area contributed by atoms with Gasteiger partial charge in [0, 0.05) is 0 Å². The molecule has 0 saturated heterocycles. The molecule has 124 valence electrons. The van der Waals surface area contributed by atoms with Gasteiger partial charge in [-0.3, -0.25) is 4.79 Å². The second-order valence-corrected chi connectivity index (χ2v) is 5.52. The van der Waals surface area contributed by atoms with E-state index >= 15 is 0 Å². The Hall–Kier alpha value is -3.48. The van der Waals surface area contributed by atoms with Crippen molar-refractivity contribution in [2.24, 2.45) is 0 Å². The van der Waals surface area contributed by atoms with Gasteiger partial charge in [0.15, 0.2) is 11.2 Å². The highest BCUT2D eigenvalue weighted by molar-refractivity contribution is 5.68. The number of H-pyrrole nitrogens is 1. The van der Waals surface area contributed by atoms with E-state index in [2.05, 4.69) is 20.3 Å². The minimum absolute atomic E-state index is 0.158. The first-order valence-corrected chi connectivity index (χ1v) is 7.84. The molecule has 0 aliphatic heterocycles. The zero-order chi connectivity index (χ0) is 17.1. The van der Waals surface area contributed by atoms with E-state index in [-0.39, 0.29) is 17.7 Å². The van der Waals surface area contributed by atoms with Crippen LogP contribution in [0.1, 0.15) is 11.4 Å². The Balaban J connectivity index is 1.63. The van der Waals surface area contributed by atoms with Crippen molar-refractivity contribution in [1.29, 1.82) is 0 Å². The normalized spacial score (nSPS) is 10.9. The Morgan fingerprint density at radius 2 is 1.72 bits per heavy atom. The number of aromatic nitrogens is 5. The average molecular weight is 333 g/mol. The lowest BCUT2D eigenvalue weighted by Gasteiger charge is -2.06. The van der Waals surface area contributed by atoms with Crippen molar-refractivity contribution in [3.05, 3.63) is 82.4 Å². The lowest BCUT2D eigenvalue weighted by molar-refractivity contribution is 0.296. The van der Waals surface area contributed by atoms with E-state index in [0.29, 0.717) is 23.8 Å². The Labute approximate surface area is 142 Å². The Kier molecular flexibility index (Phi) is 3.96. The maximum absolute atomic E-state index is 12.2. The van der Waals surface area contributed by atoms with Crippen LogP contribution in [-0.4, -0.2) is 25.0 Å². The molecule has 7 heteroatoms. The fourth-order valence-electron chi connectivity index (χ4n) is 2.51. The number of rotatable bonds is 5. The molecule has 4 rings (SSSR count). The van der Waals surface area contributed by atoms with Crippen LogP contribution < -0.4 is 10.3 Å². The zero-order valence-electron chi connectivity index (χ0n) is 13.3. The van der Waals surface area contributed by atoms with Crippen LogP contribution in [0.2, 0.25) is 0 Å². The predicted octanol–water partition coefficient (Wildman–Crippen LogP) is 2.14. The Morgan fingerprint density at radius 1 is 1.00 bits per heavy atom. The van der Waals surface area contributed by atoms with Gasteiger partial charge < -0.3 is 9.72 Å². The first-order chi connectivity index (χ1) is 12.3. The maximum atomic E-state index is 12.2. The minimum atomic E-state index is -0.323. The first-order valence-electron chi connectivity index (χ1n) is 7.84. The number of nitrogens with one attached hydrogen (secondary N) is 1. The van der Waals surface area contributed by atoms with Gasteiger partial charge in [0.05, 0.1) is 6.54 Å². The van der Waals surface area contributed by atoms with Crippen molar-refractivity contribution in [3.8, 4) is 5.75 Å². The molecule has 0 bridgehead atoms. The molecule has 0 aliphatic rings. The van der Waals surface area contributed by atoms with Crippen LogP contribution in [0.25, 0.3) is 11.2 Å². The van der Waals surface area contributed by atoms with Crippen LogP contribution in [0.15, 0.2) is 65.5 Å². The second kappa shape index (κ2) is 6.56. The third kappa shape index (κ3) is 3.25. The first kappa shape index (κ1) is 15.1. The van der Waals surface area contributed by atoms with E-state index in [4.69, 9.17) is 4.74 Å². The van der Waals surface area contributed by atoms with Crippen LogP contribution in [0.4, 0.5) is 0 Å². The molecule has 0 atom stereocenters. The highest BCUT2D eigenvalue weighted by atomic mass is 16.5. The molecule has 4 aromatic rings. The van der Waals surface area contributed by atoms with Crippen molar-refractivity contribution >= 4 is 11.2 Å². The summed E-state index contributed by atoms with van der Waals surface area (Å²) >= 11 is 0. The molecule has 0 spiro atoms. The van der Waals surface area contributed by atoms with E-state index in [1.165, 1.54) is 0 Å². The summed E-state index contributed by atoms with van der Waals surface area (Å²) in [6.07, 6.45) is 0. The lowest BCUT2D eigenvalue weighted by atomic mass is 10.2. The number of benzene rings is 2. The summed E-state index contributed by atoms with van der Waals surface area (Å²) in [5.41, 5.74) is 1.40. The monoisotopic (exact) mass is 333 g/mol. The molecule has 0 fully saturated rings. The number of hydrogen-bond acceptors (Lipinski definition) is 5. The van der Waals surface area contributed by atoms with E-state index in [1.54, 1.807) is 4.68 Å². The largest absolute Gasteiger partial charge is 0.486 e. The van der Waals surface area contributed by atoms with Gasteiger partial charge in [0.2, 0.25) is 0 Å². The van der Waals surface area contributed by atoms with Crippen molar-refractivity contribution in [2.45, 2.75) is 13.2 Å². The van der Waals surface area contributed by atoms with Gasteiger partial charge in [-0.25, -0.2) is 9.67 Å². The zero-order valence-corrected chi connectivity index (χ0v) is 13.3.